The van der Waals surface area contributed by atoms with Crippen molar-refractivity contribution in [2.24, 2.45) is 0 Å². The molecular formula is C13H16N2O4S. The molecule has 2 aliphatic heterocycles. The van der Waals surface area contributed by atoms with Gasteiger partial charge in [0.1, 0.15) is 5.75 Å². The van der Waals surface area contributed by atoms with E-state index in [1.165, 1.54) is 0 Å². The topological polar surface area (TPSA) is 84.5 Å². The van der Waals surface area contributed by atoms with Crippen molar-refractivity contribution in [1.82, 2.24) is 5.32 Å². The van der Waals surface area contributed by atoms with Gasteiger partial charge < -0.3 is 15.4 Å². The molecule has 0 aromatic heterocycles. The third kappa shape index (κ3) is 2.87. The summed E-state index contributed by atoms with van der Waals surface area (Å²) < 4.78 is 28.0. The van der Waals surface area contributed by atoms with Crippen molar-refractivity contribution in [3.05, 3.63) is 23.8 Å². The largest absolute Gasteiger partial charge is 0.493 e. The van der Waals surface area contributed by atoms with Crippen molar-refractivity contribution in [3.63, 3.8) is 0 Å². The van der Waals surface area contributed by atoms with Gasteiger partial charge in [-0.05, 0) is 30.2 Å². The van der Waals surface area contributed by atoms with Gasteiger partial charge in [-0.1, -0.05) is 0 Å². The van der Waals surface area contributed by atoms with Crippen LogP contribution in [0, 0.1) is 0 Å². The number of nitrogens with one attached hydrogen (secondary N) is 2. The monoisotopic (exact) mass is 296 g/mol. The van der Waals surface area contributed by atoms with Gasteiger partial charge >= 0.3 is 6.03 Å². The number of fused-ring (bicyclic) bond motifs is 1. The second-order valence-electron chi connectivity index (χ2n) is 5.12. The number of benzene rings is 1. The standard InChI is InChI=1S/C13H16N2O4S/c16-13(15-11-4-6-20(17,18)8-11)14-10-1-2-12-9(7-10)3-5-19-12/h1-2,7,11H,3-6,8H2,(H2,14,15,16)/t11-/m0/s1. The van der Waals surface area contributed by atoms with Crippen LogP contribution in [0.3, 0.4) is 0 Å². The van der Waals surface area contributed by atoms with E-state index in [1.807, 2.05) is 12.1 Å². The lowest BCUT2D eigenvalue weighted by atomic mass is 10.1. The highest BCUT2D eigenvalue weighted by Crippen LogP contribution is 2.27. The van der Waals surface area contributed by atoms with Crippen molar-refractivity contribution in [1.29, 1.82) is 0 Å². The summed E-state index contributed by atoms with van der Waals surface area (Å²) in [4.78, 5) is 11.8. The molecule has 0 spiro atoms. The normalized spacial score (nSPS) is 22.9. The molecule has 1 aromatic carbocycles. The molecule has 1 fully saturated rings. The van der Waals surface area contributed by atoms with Crippen LogP contribution in [-0.4, -0.2) is 38.6 Å². The van der Waals surface area contributed by atoms with E-state index in [2.05, 4.69) is 10.6 Å². The number of hydrogen-bond acceptors (Lipinski definition) is 4. The van der Waals surface area contributed by atoms with Gasteiger partial charge in [-0.3, -0.25) is 0 Å². The summed E-state index contributed by atoms with van der Waals surface area (Å²) in [6.07, 6.45) is 1.32. The number of carbonyl (C=O) groups excluding carboxylic acids is 1. The Bertz CT molecular complexity index is 642. The summed E-state index contributed by atoms with van der Waals surface area (Å²) >= 11 is 0. The fourth-order valence-corrected chi connectivity index (χ4v) is 4.20. The summed E-state index contributed by atoms with van der Waals surface area (Å²) in [5.41, 5.74) is 1.76. The lowest BCUT2D eigenvalue weighted by molar-refractivity contribution is 0.249. The average molecular weight is 296 g/mol. The van der Waals surface area contributed by atoms with Gasteiger partial charge in [0, 0.05) is 18.2 Å². The van der Waals surface area contributed by atoms with Gasteiger partial charge in [0.2, 0.25) is 0 Å². The fraction of sp³-hybridized carbons (Fsp3) is 0.462. The zero-order chi connectivity index (χ0) is 14.2. The van der Waals surface area contributed by atoms with Crippen LogP contribution in [-0.2, 0) is 16.3 Å². The third-order valence-corrected chi connectivity index (χ3v) is 5.28. The Morgan fingerprint density at radius 2 is 2.20 bits per heavy atom. The number of anilines is 1. The minimum atomic E-state index is -2.98. The van der Waals surface area contributed by atoms with Gasteiger partial charge in [0.15, 0.2) is 9.84 Å². The summed E-state index contributed by atoms with van der Waals surface area (Å²) in [5, 5.41) is 5.42. The van der Waals surface area contributed by atoms with E-state index in [0.717, 1.165) is 17.7 Å². The highest BCUT2D eigenvalue weighted by molar-refractivity contribution is 7.91. The lowest BCUT2D eigenvalue weighted by Gasteiger charge is -2.12. The Morgan fingerprint density at radius 1 is 1.35 bits per heavy atom. The minimum Gasteiger partial charge on any atom is -0.493 e. The number of rotatable bonds is 2. The molecule has 108 valence electrons. The quantitative estimate of drug-likeness (QED) is 0.850. The van der Waals surface area contributed by atoms with Crippen molar-refractivity contribution in [3.8, 4) is 5.75 Å². The molecule has 20 heavy (non-hydrogen) atoms. The zero-order valence-electron chi connectivity index (χ0n) is 10.9. The highest BCUT2D eigenvalue weighted by Gasteiger charge is 2.28. The molecule has 6 nitrogen and oxygen atoms in total. The molecule has 0 radical (unpaired) electrons. The predicted molar refractivity (Wildman–Crippen MR) is 74.9 cm³/mol. The van der Waals surface area contributed by atoms with Crippen LogP contribution in [0.25, 0.3) is 0 Å². The molecule has 1 aromatic rings. The molecular weight excluding hydrogens is 280 g/mol. The number of carbonyl (C=O) groups is 1. The molecule has 2 aliphatic rings. The molecule has 1 saturated heterocycles. The summed E-state index contributed by atoms with van der Waals surface area (Å²) in [7, 11) is -2.98. The van der Waals surface area contributed by atoms with Crippen LogP contribution in [0.15, 0.2) is 18.2 Å². The second kappa shape index (κ2) is 4.97. The van der Waals surface area contributed by atoms with E-state index < -0.39 is 9.84 Å². The maximum Gasteiger partial charge on any atom is 0.319 e. The molecule has 3 rings (SSSR count). The van der Waals surface area contributed by atoms with E-state index in [1.54, 1.807) is 6.07 Å². The molecule has 2 heterocycles. The van der Waals surface area contributed by atoms with Crippen LogP contribution in [0.1, 0.15) is 12.0 Å². The molecule has 0 bridgehead atoms. The van der Waals surface area contributed by atoms with Crippen molar-refractivity contribution in [2.45, 2.75) is 18.9 Å². The van der Waals surface area contributed by atoms with Crippen LogP contribution in [0.4, 0.5) is 10.5 Å². The van der Waals surface area contributed by atoms with Crippen molar-refractivity contribution < 1.29 is 17.9 Å². The van der Waals surface area contributed by atoms with Crippen LogP contribution in [0.5, 0.6) is 5.75 Å². The SMILES string of the molecule is O=C(Nc1ccc2c(c1)CCO2)N[C@H]1CCS(=O)(=O)C1. The maximum absolute atomic E-state index is 11.8. The number of urea groups is 1. The third-order valence-electron chi connectivity index (χ3n) is 3.51. The first-order valence-electron chi connectivity index (χ1n) is 6.55. The van der Waals surface area contributed by atoms with E-state index in [-0.39, 0.29) is 23.6 Å². The maximum atomic E-state index is 11.8. The van der Waals surface area contributed by atoms with Crippen LogP contribution < -0.4 is 15.4 Å². The Labute approximate surface area is 117 Å². The predicted octanol–water partition coefficient (Wildman–Crippen LogP) is 0.930. The molecule has 2 amide bonds. The average Bonchev–Trinajstić information content (AvgIpc) is 2.95. The van der Waals surface area contributed by atoms with Crippen molar-refractivity contribution in [2.75, 3.05) is 23.4 Å². The molecule has 2 N–H and O–H groups in total. The molecule has 0 aliphatic carbocycles. The van der Waals surface area contributed by atoms with Gasteiger partial charge in [-0.2, -0.15) is 0 Å². The summed E-state index contributed by atoms with van der Waals surface area (Å²) in [5.74, 6) is 1.03. The molecule has 7 heteroatoms. The Kier molecular flexibility index (Phi) is 3.29. The van der Waals surface area contributed by atoms with Crippen LogP contribution in [0.2, 0.25) is 0 Å². The van der Waals surface area contributed by atoms with Gasteiger partial charge in [-0.25, -0.2) is 13.2 Å². The first-order chi connectivity index (χ1) is 9.52. The van der Waals surface area contributed by atoms with E-state index in [4.69, 9.17) is 4.74 Å². The number of ether oxygens (including phenoxy) is 1. The lowest BCUT2D eigenvalue weighted by Crippen LogP contribution is -2.38. The van der Waals surface area contributed by atoms with Gasteiger partial charge in [0.05, 0.1) is 18.1 Å². The van der Waals surface area contributed by atoms with Crippen LogP contribution >= 0.6 is 0 Å². The van der Waals surface area contributed by atoms with E-state index >= 15 is 0 Å². The van der Waals surface area contributed by atoms with Gasteiger partial charge in [0.25, 0.3) is 0 Å². The van der Waals surface area contributed by atoms with Gasteiger partial charge in [-0.15, -0.1) is 0 Å². The number of amides is 2. The summed E-state index contributed by atoms with van der Waals surface area (Å²) in [6.45, 7) is 0.672. The minimum absolute atomic E-state index is 0.0262. The highest BCUT2D eigenvalue weighted by atomic mass is 32.2. The van der Waals surface area contributed by atoms with E-state index in [9.17, 15) is 13.2 Å². The molecule has 1 atom stereocenters. The second-order valence-corrected chi connectivity index (χ2v) is 7.35. The zero-order valence-corrected chi connectivity index (χ0v) is 11.7. The first kappa shape index (κ1) is 13.2. The first-order valence-corrected chi connectivity index (χ1v) is 8.38. The van der Waals surface area contributed by atoms with Crippen molar-refractivity contribution >= 4 is 21.6 Å². The fourth-order valence-electron chi connectivity index (χ4n) is 2.53. The number of sulfone groups is 1. The number of hydrogen-bond donors (Lipinski definition) is 2. The Balaban J connectivity index is 1.59. The van der Waals surface area contributed by atoms with E-state index in [0.29, 0.717) is 18.7 Å². The molecule has 0 saturated carbocycles. The molecule has 0 unspecified atom stereocenters. The Morgan fingerprint density at radius 3 is 2.95 bits per heavy atom. The Hall–Kier alpha value is -1.76. The summed E-state index contributed by atoms with van der Waals surface area (Å²) in [6, 6.07) is 4.82. The smallest absolute Gasteiger partial charge is 0.319 e.